The molecule has 0 heterocycles. The van der Waals surface area contributed by atoms with Gasteiger partial charge < -0.3 is 9.74 Å². The number of unbranched alkanes of at least 4 members (excludes halogenated alkanes) is 1. The molecule has 2 aliphatic rings. The molecule has 0 amide bonds. The van der Waals surface area contributed by atoms with Gasteiger partial charge in [0.2, 0.25) is 0 Å². The minimum Gasteiger partial charge on any atom is -0.396 e. The second-order valence-electron chi connectivity index (χ2n) is 7.09. The molecule has 3 nitrogen and oxygen atoms in total. The Hall–Kier alpha value is -0.830. The molecule has 0 fully saturated rings. The lowest BCUT2D eigenvalue weighted by molar-refractivity contribution is 0.140. The number of oxime groups is 1. The van der Waals surface area contributed by atoms with E-state index < -0.39 is 0 Å². The molecule has 0 saturated heterocycles. The molecule has 0 N–H and O–H groups in total. The smallest absolute Gasteiger partial charge is 0.117 e. The van der Waals surface area contributed by atoms with E-state index in [9.17, 15) is 0 Å². The normalized spacial score (nSPS) is 23.5. The van der Waals surface area contributed by atoms with Gasteiger partial charge in [-0.25, -0.2) is 0 Å². The third-order valence-corrected chi connectivity index (χ3v) is 5.18. The SMILES string of the molecule is CCCCO/N=C1\CCCC2=C1CCC(N(CCC)CCC)C2. The number of nitrogens with zero attached hydrogens (tertiary/aromatic N) is 2. The summed E-state index contributed by atoms with van der Waals surface area (Å²) in [6.07, 6.45) is 12.2. The Morgan fingerprint density at radius 3 is 2.52 bits per heavy atom. The second-order valence-corrected chi connectivity index (χ2v) is 7.09. The number of hydrogen-bond acceptors (Lipinski definition) is 3. The predicted octanol–water partition coefficient (Wildman–Crippen LogP) is 5.31. The maximum Gasteiger partial charge on any atom is 0.117 e. The average molecular weight is 321 g/mol. The van der Waals surface area contributed by atoms with Crippen LogP contribution in [-0.2, 0) is 4.84 Å². The quantitative estimate of drug-likeness (QED) is 0.424. The van der Waals surface area contributed by atoms with E-state index in [1.165, 1.54) is 70.2 Å². The van der Waals surface area contributed by atoms with E-state index in [1.807, 2.05) is 0 Å². The van der Waals surface area contributed by atoms with Crippen molar-refractivity contribution in [3.63, 3.8) is 0 Å². The summed E-state index contributed by atoms with van der Waals surface area (Å²) in [5, 5.41) is 4.49. The van der Waals surface area contributed by atoms with Crippen LogP contribution in [0.15, 0.2) is 16.3 Å². The fourth-order valence-corrected chi connectivity index (χ4v) is 4.02. The molecular formula is C20H36N2O. The Bertz CT molecular complexity index is 408. The Morgan fingerprint density at radius 2 is 1.83 bits per heavy atom. The van der Waals surface area contributed by atoms with Crippen LogP contribution in [0, 0.1) is 0 Å². The molecule has 0 aromatic rings. The third kappa shape index (κ3) is 5.34. The highest BCUT2D eigenvalue weighted by atomic mass is 16.6. The van der Waals surface area contributed by atoms with Crippen molar-refractivity contribution in [2.75, 3.05) is 19.7 Å². The first-order valence-electron chi connectivity index (χ1n) is 9.94. The van der Waals surface area contributed by atoms with Crippen molar-refractivity contribution in [3.8, 4) is 0 Å². The maximum absolute atomic E-state index is 5.56. The summed E-state index contributed by atoms with van der Waals surface area (Å²) in [5.74, 6) is 0. The number of allylic oxidation sites excluding steroid dienone is 1. The molecule has 1 unspecified atom stereocenters. The fraction of sp³-hybridized carbons (Fsp3) is 0.850. The minimum atomic E-state index is 0.758. The molecule has 23 heavy (non-hydrogen) atoms. The van der Waals surface area contributed by atoms with Gasteiger partial charge in [0.15, 0.2) is 0 Å². The Morgan fingerprint density at radius 1 is 1.04 bits per heavy atom. The van der Waals surface area contributed by atoms with Crippen LogP contribution < -0.4 is 0 Å². The fourth-order valence-electron chi connectivity index (χ4n) is 4.02. The topological polar surface area (TPSA) is 24.8 Å². The molecule has 3 heteroatoms. The van der Waals surface area contributed by atoms with Crippen molar-refractivity contribution in [2.24, 2.45) is 5.16 Å². The summed E-state index contributed by atoms with van der Waals surface area (Å²) in [5.41, 5.74) is 4.50. The van der Waals surface area contributed by atoms with E-state index in [-0.39, 0.29) is 0 Å². The van der Waals surface area contributed by atoms with Crippen LogP contribution in [0.4, 0.5) is 0 Å². The Labute approximate surface area is 143 Å². The van der Waals surface area contributed by atoms with E-state index in [0.29, 0.717) is 0 Å². The number of rotatable bonds is 9. The van der Waals surface area contributed by atoms with Crippen molar-refractivity contribution in [1.82, 2.24) is 4.90 Å². The Balaban J connectivity index is 2.00. The highest BCUT2D eigenvalue weighted by Gasteiger charge is 2.29. The zero-order valence-corrected chi connectivity index (χ0v) is 15.6. The van der Waals surface area contributed by atoms with Crippen molar-refractivity contribution < 1.29 is 4.84 Å². The molecule has 0 aromatic carbocycles. The van der Waals surface area contributed by atoms with Gasteiger partial charge in [0, 0.05) is 6.04 Å². The van der Waals surface area contributed by atoms with Crippen LogP contribution in [0.3, 0.4) is 0 Å². The van der Waals surface area contributed by atoms with Gasteiger partial charge >= 0.3 is 0 Å². The second kappa shape index (κ2) is 10.1. The predicted molar refractivity (Wildman–Crippen MR) is 99.0 cm³/mol. The maximum atomic E-state index is 5.56. The van der Waals surface area contributed by atoms with Crippen LogP contribution in [0.1, 0.15) is 85.0 Å². The summed E-state index contributed by atoms with van der Waals surface area (Å²) in [6.45, 7) is 10.1. The molecule has 0 aliphatic heterocycles. The van der Waals surface area contributed by atoms with Crippen molar-refractivity contribution in [2.45, 2.75) is 91.0 Å². The summed E-state index contributed by atoms with van der Waals surface area (Å²) in [4.78, 5) is 8.29. The zero-order chi connectivity index (χ0) is 16.5. The highest BCUT2D eigenvalue weighted by Crippen LogP contribution is 2.36. The van der Waals surface area contributed by atoms with E-state index in [1.54, 1.807) is 11.1 Å². The molecule has 0 saturated carbocycles. The first-order valence-corrected chi connectivity index (χ1v) is 9.94. The van der Waals surface area contributed by atoms with E-state index in [0.717, 1.165) is 25.5 Å². The molecule has 2 rings (SSSR count). The molecule has 1 atom stereocenters. The summed E-state index contributed by atoms with van der Waals surface area (Å²) in [6, 6.07) is 0.758. The van der Waals surface area contributed by atoms with Crippen molar-refractivity contribution in [3.05, 3.63) is 11.1 Å². The lowest BCUT2D eigenvalue weighted by atomic mass is 9.78. The van der Waals surface area contributed by atoms with Crippen LogP contribution in [0.5, 0.6) is 0 Å². The molecule has 0 bridgehead atoms. The molecule has 2 aliphatic carbocycles. The minimum absolute atomic E-state index is 0.758. The van der Waals surface area contributed by atoms with Crippen molar-refractivity contribution in [1.29, 1.82) is 0 Å². The first kappa shape index (κ1) is 18.5. The van der Waals surface area contributed by atoms with Crippen LogP contribution in [-0.4, -0.2) is 36.3 Å². The highest BCUT2D eigenvalue weighted by molar-refractivity contribution is 6.01. The van der Waals surface area contributed by atoms with Gasteiger partial charge in [0.1, 0.15) is 6.61 Å². The third-order valence-electron chi connectivity index (χ3n) is 5.18. The van der Waals surface area contributed by atoms with Crippen LogP contribution in [0.2, 0.25) is 0 Å². The average Bonchev–Trinajstić information content (AvgIpc) is 2.58. The van der Waals surface area contributed by atoms with Gasteiger partial charge in [0.25, 0.3) is 0 Å². The molecular weight excluding hydrogens is 284 g/mol. The molecule has 132 valence electrons. The standard InChI is InChI=1S/C20H36N2O/c1-4-7-15-23-21-20-10-8-9-17-16-18(11-12-19(17)20)22(13-5-2)14-6-3/h18H,4-16H2,1-3H3/b21-20+. The molecule has 0 radical (unpaired) electrons. The molecule has 0 aromatic heterocycles. The van der Waals surface area contributed by atoms with Gasteiger partial charge in [0.05, 0.1) is 5.71 Å². The van der Waals surface area contributed by atoms with Crippen molar-refractivity contribution >= 4 is 5.71 Å². The lowest BCUT2D eigenvalue weighted by Crippen LogP contribution is -2.39. The first-order chi connectivity index (χ1) is 11.3. The van der Waals surface area contributed by atoms with Crippen LogP contribution in [0.25, 0.3) is 0 Å². The number of hydrogen-bond donors (Lipinski definition) is 0. The summed E-state index contributed by atoms with van der Waals surface area (Å²) >= 11 is 0. The van der Waals surface area contributed by atoms with Gasteiger partial charge in [-0.1, -0.05) is 37.9 Å². The largest absolute Gasteiger partial charge is 0.396 e. The van der Waals surface area contributed by atoms with E-state index >= 15 is 0 Å². The van der Waals surface area contributed by atoms with Gasteiger partial charge in [-0.05, 0) is 76.5 Å². The Kier molecular flexibility index (Phi) is 8.14. The monoisotopic (exact) mass is 320 g/mol. The van der Waals surface area contributed by atoms with E-state index in [4.69, 9.17) is 4.84 Å². The zero-order valence-electron chi connectivity index (χ0n) is 15.6. The lowest BCUT2D eigenvalue weighted by Gasteiger charge is -2.37. The van der Waals surface area contributed by atoms with Gasteiger partial charge in [-0.2, -0.15) is 0 Å². The summed E-state index contributed by atoms with van der Waals surface area (Å²) < 4.78 is 0. The van der Waals surface area contributed by atoms with Crippen LogP contribution >= 0.6 is 0 Å². The van der Waals surface area contributed by atoms with Gasteiger partial charge in [-0.3, -0.25) is 0 Å². The van der Waals surface area contributed by atoms with E-state index in [2.05, 4.69) is 30.8 Å². The summed E-state index contributed by atoms with van der Waals surface area (Å²) in [7, 11) is 0. The van der Waals surface area contributed by atoms with Gasteiger partial charge in [-0.15, -0.1) is 0 Å². The molecule has 0 spiro atoms.